The van der Waals surface area contributed by atoms with Crippen molar-refractivity contribution in [2.75, 3.05) is 0 Å². The maximum Gasteiger partial charge on any atom is 0.0693 e. The summed E-state index contributed by atoms with van der Waals surface area (Å²) in [6.45, 7) is 0. The van der Waals surface area contributed by atoms with Gasteiger partial charge in [-0.15, -0.1) is 0 Å². The van der Waals surface area contributed by atoms with Gasteiger partial charge in [0, 0.05) is 39.7 Å². The lowest BCUT2D eigenvalue weighted by atomic mass is 9.97. The number of aliphatic imine (C=N–C) groups is 2. The number of aromatic nitrogens is 2. The molecule has 0 saturated heterocycles. The fraction of sp³-hybridized carbons (Fsp3) is 0.0476. The Morgan fingerprint density at radius 3 is 2.80 bits per heavy atom. The zero-order chi connectivity index (χ0) is 16.4. The molecule has 25 heavy (non-hydrogen) atoms. The van der Waals surface area contributed by atoms with Gasteiger partial charge in [0.15, 0.2) is 0 Å². The Labute approximate surface area is 143 Å². The Morgan fingerprint density at radius 2 is 1.80 bits per heavy atom. The third-order valence-corrected chi connectivity index (χ3v) is 4.97. The molecule has 0 spiro atoms. The number of rotatable bonds is 0. The SMILES string of the molecule is C1=CC2=NC1=Cc1ccc([nH]1)C1=C3C=CC(=N3)C(=c3ccc([nH]3)=C2)C1. The largest absolute Gasteiger partial charge is 0.355 e. The van der Waals surface area contributed by atoms with Crippen molar-refractivity contribution in [1.29, 1.82) is 0 Å². The highest BCUT2D eigenvalue weighted by atomic mass is 14.8. The molecule has 0 atom stereocenters. The van der Waals surface area contributed by atoms with Crippen molar-refractivity contribution in [3.63, 3.8) is 0 Å². The van der Waals surface area contributed by atoms with E-state index in [4.69, 9.17) is 4.99 Å². The van der Waals surface area contributed by atoms with Crippen LogP contribution in [0.25, 0.3) is 23.3 Å². The third-order valence-electron chi connectivity index (χ3n) is 4.97. The molecule has 0 fully saturated rings. The predicted molar refractivity (Wildman–Crippen MR) is 101 cm³/mol. The van der Waals surface area contributed by atoms with E-state index in [2.05, 4.69) is 63.5 Å². The molecule has 118 valence electrons. The summed E-state index contributed by atoms with van der Waals surface area (Å²) in [5.41, 5.74) is 8.69. The van der Waals surface area contributed by atoms with E-state index in [1.165, 1.54) is 11.1 Å². The van der Waals surface area contributed by atoms with Gasteiger partial charge in [-0.3, -0.25) is 0 Å². The first-order valence-corrected chi connectivity index (χ1v) is 8.40. The first kappa shape index (κ1) is 13.0. The van der Waals surface area contributed by atoms with Crippen LogP contribution < -0.4 is 10.7 Å². The van der Waals surface area contributed by atoms with Crippen molar-refractivity contribution in [3.05, 3.63) is 82.0 Å². The molecule has 0 saturated carbocycles. The van der Waals surface area contributed by atoms with E-state index < -0.39 is 0 Å². The Morgan fingerprint density at radius 1 is 0.800 bits per heavy atom. The summed E-state index contributed by atoms with van der Waals surface area (Å²) >= 11 is 0. The molecule has 4 nitrogen and oxygen atoms in total. The number of hydrogen-bond acceptors (Lipinski definition) is 2. The summed E-state index contributed by atoms with van der Waals surface area (Å²) < 4.78 is 0. The minimum atomic E-state index is 0.872. The van der Waals surface area contributed by atoms with Gasteiger partial charge in [0.1, 0.15) is 0 Å². The van der Waals surface area contributed by atoms with E-state index >= 15 is 0 Å². The highest BCUT2D eigenvalue weighted by Crippen LogP contribution is 2.35. The highest BCUT2D eigenvalue weighted by molar-refractivity contribution is 6.29. The summed E-state index contributed by atoms with van der Waals surface area (Å²) in [5, 5.41) is 2.18. The van der Waals surface area contributed by atoms with Crippen molar-refractivity contribution in [3.8, 4) is 0 Å². The molecule has 0 radical (unpaired) electrons. The van der Waals surface area contributed by atoms with Crippen molar-refractivity contribution in [2.45, 2.75) is 6.42 Å². The molecule has 2 aromatic heterocycles. The van der Waals surface area contributed by atoms with Crippen LogP contribution in [0.1, 0.15) is 17.8 Å². The molecular weight excluding hydrogens is 308 g/mol. The van der Waals surface area contributed by atoms with E-state index in [0.29, 0.717) is 0 Å². The minimum absolute atomic E-state index is 0.872. The average molecular weight is 322 g/mol. The topological polar surface area (TPSA) is 56.3 Å². The molecule has 0 unspecified atom stereocenters. The molecule has 0 amide bonds. The summed E-state index contributed by atoms with van der Waals surface area (Å²) in [7, 11) is 0. The Kier molecular flexibility index (Phi) is 2.37. The number of nitrogens with one attached hydrogen (secondary N) is 2. The van der Waals surface area contributed by atoms with Crippen molar-refractivity contribution in [1.82, 2.24) is 9.97 Å². The van der Waals surface area contributed by atoms with Crippen LogP contribution in [0.4, 0.5) is 0 Å². The number of allylic oxidation sites excluding steroid dienone is 5. The molecular formula is C21H14N4. The molecule has 4 aliphatic heterocycles. The van der Waals surface area contributed by atoms with Crippen LogP contribution in [0, 0.1) is 0 Å². The van der Waals surface area contributed by atoms with E-state index in [9.17, 15) is 0 Å². The van der Waals surface area contributed by atoms with Crippen LogP contribution in [0.2, 0.25) is 0 Å². The van der Waals surface area contributed by atoms with Crippen molar-refractivity contribution in [2.24, 2.45) is 9.98 Å². The number of nitrogens with zero attached hydrogens (tertiary/aromatic N) is 2. The van der Waals surface area contributed by atoms with Gasteiger partial charge in [-0.05, 0) is 60.7 Å². The monoisotopic (exact) mass is 322 g/mol. The number of aromatic amines is 2. The predicted octanol–water partition coefficient (Wildman–Crippen LogP) is 2.47. The third kappa shape index (κ3) is 1.94. The molecule has 10 bridgehead atoms. The van der Waals surface area contributed by atoms with Crippen molar-refractivity contribution >= 4 is 34.7 Å². The van der Waals surface area contributed by atoms with Gasteiger partial charge in [0.2, 0.25) is 0 Å². The fourth-order valence-corrected chi connectivity index (χ4v) is 3.74. The van der Waals surface area contributed by atoms with Crippen LogP contribution in [0.3, 0.4) is 0 Å². The number of H-pyrrole nitrogens is 2. The standard InChI is InChI=1S/C21H14N4/c1-2-13-10-15-4-6-19(24-15)17-11-16(20-7-8-21(17)25-20)18-5-3-14(23-18)9-12(1)22-13/h1-10,23-24H,11H2. The lowest BCUT2D eigenvalue weighted by Crippen LogP contribution is -2.18. The lowest BCUT2D eigenvalue weighted by Gasteiger charge is -2.14. The van der Waals surface area contributed by atoms with E-state index in [0.717, 1.165) is 51.3 Å². The van der Waals surface area contributed by atoms with E-state index in [-0.39, 0.29) is 0 Å². The quantitative estimate of drug-likeness (QED) is 0.749. The Bertz CT molecular complexity index is 1250. The molecule has 4 heteroatoms. The zero-order valence-corrected chi connectivity index (χ0v) is 13.4. The second-order valence-electron chi connectivity index (χ2n) is 6.59. The second-order valence-corrected chi connectivity index (χ2v) is 6.59. The molecule has 2 N–H and O–H groups in total. The molecule has 0 aromatic carbocycles. The van der Waals surface area contributed by atoms with E-state index in [1.807, 2.05) is 12.2 Å². The van der Waals surface area contributed by atoms with Crippen molar-refractivity contribution < 1.29 is 0 Å². The lowest BCUT2D eigenvalue weighted by molar-refractivity contribution is 1.20. The highest BCUT2D eigenvalue weighted by Gasteiger charge is 2.24. The van der Waals surface area contributed by atoms with Gasteiger partial charge in [0.25, 0.3) is 0 Å². The first-order chi connectivity index (χ1) is 12.3. The van der Waals surface area contributed by atoms with E-state index in [1.54, 1.807) is 0 Å². The number of hydrogen-bond donors (Lipinski definition) is 2. The summed E-state index contributed by atoms with van der Waals surface area (Å²) in [5.74, 6) is 0. The van der Waals surface area contributed by atoms with Gasteiger partial charge in [-0.25, -0.2) is 9.98 Å². The molecule has 4 aliphatic rings. The van der Waals surface area contributed by atoms with Crippen LogP contribution in [-0.4, -0.2) is 21.4 Å². The summed E-state index contributed by atoms with van der Waals surface area (Å²) in [6, 6.07) is 8.47. The van der Waals surface area contributed by atoms with Gasteiger partial charge >= 0.3 is 0 Å². The van der Waals surface area contributed by atoms with Gasteiger partial charge in [-0.1, -0.05) is 0 Å². The molecule has 6 heterocycles. The molecule has 0 aliphatic carbocycles. The molecule has 2 aromatic rings. The second kappa shape index (κ2) is 4.57. The number of fused-ring (bicyclic) bond motifs is 10. The van der Waals surface area contributed by atoms with Crippen LogP contribution in [-0.2, 0) is 0 Å². The van der Waals surface area contributed by atoms with Gasteiger partial charge < -0.3 is 9.97 Å². The van der Waals surface area contributed by atoms with Gasteiger partial charge in [-0.2, -0.15) is 0 Å². The maximum absolute atomic E-state index is 4.80. The molecule has 6 rings (SSSR count). The summed E-state index contributed by atoms with van der Waals surface area (Å²) in [4.78, 5) is 16.5. The fourth-order valence-electron chi connectivity index (χ4n) is 3.74. The maximum atomic E-state index is 4.80. The van der Waals surface area contributed by atoms with Gasteiger partial charge in [0.05, 0.1) is 22.8 Å². The Hall–Kier alpha value is -3.40. The Balaban J connectivity index is 1.70. The summed E-state index contributed by atoms with van der Waals surface area (Å²) in [6.07, 6.45) is 13.3. The minimum Gasteiger partial charge on any atom is -0.355 e. The smallest absolute Gasteiger partial charge is 0.0693 e. The van der Waals surface area contributed by atoms with Crippen LogP contribution >= 0.6 is 0 Å². The van der Waals surface area contributed by atoms with Crippen LogP contribution in [0.5, 0.6) is 0 Å². The average Bonchev–Trinajstić information content (AvgIpc) is 3.38. The first-order valence-electron chi connectivity index (χ1n) is 8.40. The van der Waals surface area contributed by atoms with Crippen LogP contribution in [0.15, 0.2) is 69.9 Å². The zero-order valence-electron chi connectivity index (χ0n) is 13.4. The normalized spacial score (nSPS) is 19.5.